The molecule has 2 heterocycles. The monoisotopic (exact) mass is 431 g/mol. The second kappa shape index (κ2) is 10.8. The van der Waals surface area contributed by atoms with E-state index in [1.165, 1.54) is 57.8 Å². The summed E-state index contributed by atoms with van der Waals surface area (Å²) in [6, 6.07) is 0.243. The first-order valence-electron chi connectivity index (χ1n) is 12.3. The van der Waals surface area contributed by atoms with Crippen LogP contribution < -0.4 is 10.9 Å². The van der Waals surface area contributed by atoms with Crippen molar-refractivity contribution in [3.63, 3.8) is 0 Å². The van der Waals surface area contributed by atoms with Gasteiger partial charge in [-0.3, -0.25) is 14.2 Å². The van der Waals surface area contributed by atoms with Crippen LogP contribution in [-0.4, -0.2) is 27.3 Å². The van der Waals surface area contributed by atoms with Gasteiger partial charge in [0.1, 0.15) is 0 Å². The first-order chi connectivity index (χ1) is 14.7. The van der Waals surface area contributed by atoms with Crippen molar-refractivity contribution in [2.24, 2.45) is 0 Å². The highest BCUT2D eigenvalue weighted by Gasteiger charge is 2.31. The first-order valence-corrected chi connectivity index (χ1v) is 13.3. The molecule has 6 heteroatoms. The molecule has 3 aliphatic rings. The number of fused-ring (bicyclic) bond motifs is 2. The number of nitrogens with zero attached hydrogens (tertiary/aromatic N) is 2. The number of hydrogen-bond donors (Lipinski definition) is 1. The van der Waals surface area contributed by atoms with Crippen molar-refractivity contribution in [3.8, 4) is 0 Å². The van der Waals surface area contributed by atoms with Crippen molar-refractivity contribution in [2.45, 2.75) is 120 Å². The van der Waals surface area contributed by atoms with Gasteiger partial charge in [-0.05, 0) is 38.5 Å². The topological polar surface area (TPSA) is 64.0 Å². The average molecular weight is 432 g/mol. The van der Waals surface area contributed by atoms with Gasteiger partial charge in [0, 0.05) is 23.8 Å². The van der Waals surface area contributed by atoms with Gasteiger partial charge in [-0.25, -0.2) is 4.98 Å². The molecule has 1 unspecified atom stereocenters. The summed E-state index contributed by atoms with van der Waals surface area (Å²) < 4.78 is 1.83. The maximum absolute atomic E-state index is 13.1. The van der Waals surface area contributed by atoms with Gasteiger partial charge in [0.25, 0.3) is 5.56 Å². The molecular formula is C24H37N3O2S. The summed E-state index contributed by atoms with van der Waals surface area (Å²) in [5, 5.41) is 4.15. The zero-order valence-corrected chi connectivity index (χ0v) is 19.1. The fourth-order valence-corrected chi connectivity index (χ4v) is 6.43. The molecule has 2 aliphatic carbocycles. The predicted molar refractivity (Wildman–Crippen MR) is 122 cm³/mol. The van der Waals surface area contributed by atoms with Crippen LogP contribution in [-0.2, 0) is 17.6 Å². The quantitative estimate of drug-likeness (QED) is 0.688. The molecule has 0 bridgehead atoms. The van der Waals surface area contributed by atoms with Crippen molar-refractivity contribution < 1.29 is 4.79 Å². The highest BCUT2D eigenvalue weighted by Crippen LogP contribution is 2.33. The summed E-state index contributed by atoms with van der Waals surface area (Å²) in [6.45, 7) is 0. The molecule has 0 aromatic carbocycles. The van der Waals surface area contributed by atoms with Gasteiger partial charge < -0.3 is 5.32 Å². The largest absolute Gasteiger partial charge is 0.353 e. The Labute approximate surface area is 184 Å². The number of carbonyl (C=O) groups is 1. The number of thioether (sulfide) groups is 1. The van der Waals surface area contributed by atoms with E-state index in [1.54, 1.807) is 11.8 Å². The van der Waals surface area contributed by atoms with Crippen molar-refractivity contribution in [1.29, 1.82) is 0 Å². The van der Waals surface area contributed by atoms with Crippen LogP contribution in [0, 0.1) is 0 Å². The SMILES string of the molecule is O=C(CC1CSc2nc3c(c(=O)n21)CCCC3)NC1CCCCCCCCCCC1. The number of amides is 1. The molecule has 30 heavy (non-hydrogen) atoms. The molecule has 166 valence electrons. The summed E-state index contributed by atoms with van der Waals surface area (Å²) in [4.78, 5) is 30.8. The van der Waals surface area contributed by atoms with Crippen molar-refractivity contribution in [2.75, 3.05) is 5.75 Å². The minimum atomic E-state index is -0.0523. The number of nitrogens with one attached hydrogen (secondary N) is 1. The van der Waals surface area contributed by atoms with Crippen LogP contribution >= 0.6 is 11.8 Å². The van der Waals surface area contributed by atoms with Crippen LogP contribution in [0.3, 0.4) is 0 Å². The molecular weight excluding hydrogens is 394 g/mol. The van der Waals surface area contributed by atoms with E-state index in [2.05, 4.69) is 5.32 Å². The van der Waals surface area contributed by atoms with Crippen LogP contribution in [0.15, 0.2) is 9.95 Å². The predicted octanol–water partition coefficient (Wildman–Crippen LogP) is 4.95. The zero-order chi connectivity index (χ0) is 20.8. The molecule has 1 atom stereocenters. The molecule has 1 aliphatic heterocycles. The van der Waals surface area contributed by atoms with E-state index in [4.69, 9.17) is 4.98 Å². The van der Waals surface area contributed by atoms with Crippen LogP contribution in [0.5, 0.6) is 0 Å². The molecule has 1 fully saturated rings. The van der Waals surface area contributed by atoms with E-state index in [-0.39, 0.29) is 17.5 Å². The highest BCUT2D eigenvalue weighted by atomic mass is 32.2. The van der Waals surface area contributed by atoms with E-state index in [0.29, 0.717) is 12.5 Å². The maximum Gasteiger partial charge on any atom is 0.257 e. The Hall–Kier alpha value is -1.30. The molecule has 5 nitrogen and oxygen atoms in total. The van der Waals surface area contributed by atoms with E-state index < -0.39 is 0 Å². The zero-order valence-electron chi connectivity index (χ0n) is 18.3. The first kappa shape index (κ1) is 21.9. The Morgan fingerprint density at radius 1 is 0.933 bits per heavy atom. The van der Waals surface area contributed by atoms with Gasteiger partial charge >= 0.3 is 0 Å². The minimum absolute atomic E-state index is 0.0523. The second-order valence-electron chi connectivity index (χ2n) is 9.39. The Kier molecular flexibility index (Phi) is 7.91. The van der Waals surface area contributed by atoms with Gasteiger partial charge in [-0.15, -0.1) is 0 Å². The van der Waals surface area contributed by atoms with Crippen LogP contribution in [0.4, 0.5) is 0 Å². The number of hydrogen-bond acceptors (Lipinski definition) is 4. The molecule has 1 aromatic heterocycles. The van der Waals surface area contributed by atoms with Gasteiger partial charge in [-0.1, -0.05) is 69.5 Å². The molecule has 0 saturated heterocycles. The Morgan fingerprint density at radius 2 is 1.57 bits per heavy atom. The average Bonchev–Trinajstić information content (AvgIpc) is 3.13. The standard InChI is InChI=1S/C24H37N3O2S/c28-22(25-18-12-8-6-4-2-1-3-5-7-9-13-18)16-19-17-30-24-26-21-15-11-10-14-20(21)23(29)27(19)24/h18-19H,1-17H2,(H,25,28). The number of rotatable bonds is 3. The lowest BCUT2D eigenvalue weighted by Crippen LogP contribution is -2.38. The maximum atomic E-state index is 13.1. The molecule has 1 aromatic rings. The summed E-state index contributed by atoms with van der Waals surface area (Å²) in [5.74, 6) is 0.888. The van der Waals surface area contributed by atoms with Crippen LogP contribution in [0.25, 0.3) is 0 Å². The van der Waals surface area contributed by atoms with E-state index >= 15 is 0 Å². The van der Waals surface area contributed by atoms with Gasteiger partial charge in [-0.2, -0.15) is 0 Å². The normalized spacial score (nSPS) is 23.7. The van der Waals surface area contributed by atoms with E-state index in [0.717, 1.165) is 60.7 Å². The third-order valence-electron chi connectivity index (χ3n) is 7.01. The Bertz CT molecular complexity index is 779. The Morgan fingerprint density at radius 3 is 2.27 bits per heavy atom. The minimum Gasteiger partial charge on any atom is -0.353 e. The van der Waals surface area contributed by atoms with Crippen LogP contribution in [0.2, 0.25) is 0 Å². The molecule has 4 rings (SSSR count). The van der Waals surface area contributed by atoms with Crippen molar-refractivity contribution in [3.05, 3.63) is 21.6 Å². The summed E-state index contributed by atoms with van der Waals surface area (Å²) in [5.41, 5.74) is 2.02. The summed E-state index contributed by atoms with van der Waals surface area (Å²) in [6.07, 6.45) is 18.3. The van der Waals surface area contributed by atoms with Crippen molar-refractivity contribution in [1.82, 2.24) is 14.9 Å². The molecule has 1 N–H and O–H groups in total. The number of aryl methyl sites for hydroxylation is 1. The van der Waals surface area contributed by atoms with Gasteiger partial charge in [0.05, 0.1) is 11.7 Å². The lowest BCUT2D eigenvalue weighted by Gasteiger charge is -2.22. The molecule has 1 amide bonds. The lowest BCUT2D eigenvalue weighted by molar-refractivity contribution is -0.122. The third-order valence-corrected chi connectivity index (χ3v) is 8.11. The highest BCUT2D eigenvalue weighted by molar-refractivity contribution is 7.99. The van der Waals surface area contributed by atoms with Gasteiger partial charge in [0.2, 0.25) is 5.91 Å². The Balaban J connectivity index is 1.37. The smallest absolute Gasteiger partial charge is 0.257 e. The molecule has 1 saturated carbocycles. The fourth-order valence-electron chi connectivity index (χ4n) is 5.27. The van der Waals surface area contributed by atoms with Gasteiger partial charge in [0.15, 0.2) is 5.16 Å². The van der Waals surface area contributed by atoms with Crippen molar-refractivity contribution >= 4 is 17.7 Å². The number of aromatic nitrogens is 2. The summed E-state index contributed by atoms with van der Waals surface area (Å²) >= 11 is 1.64. The second-order valence-corrected chi connectivity index (χ2v) is 10.4. The molecule has 0 radical (unpaired) electrons. The lowest BCUT2D eigenvalue weighted by atomic mass is 9.97. The van der Waals surface area contributed by atoms with E-state index in [1.807, 2.05) is 4.57 Å². The number of carbonyl (C=O) groups excluding carboxylic acids is 1. The van der Waals surface area contributed by atoms with Crippen LogP contribution in [0.1, 0.15) is 107 Å². The summed E-state index contributed by atoms with van der Waals surface area (Å²) in [7, 11) is 0. The molecule has 0 spiro atoms. The fraction of sp³-hybridized carbons (Fsp3) is 0.792. The van der Waals surface area contributed by atoms with E-state index in [9.17, 15) is 9.59 Å². The third kappa shape index (κ3) is 5.49.